The van der Waals surface area contributed by atoms with Gasteiger partial charge in [-0.1, -0.05) is 6.07 Å². The molecule has 0 saturated heterocycles. The standard InChI is InChI=1S/C30H27FN2O6/c1-29(28(35)36)16-39-27-21(29)15-24(33-26(27)17-6-8-20(31)9-7-17)30(2,37)11-10-22(34)19-13-18-5-4-12-32-25(18)23(14-19)38-3/h4-9,12-15,37H,10-11,16H2,1-3H3,(H,35,36)/t29-,30?/m0/s1. The van der Waals surface area contributed by atoms with Gasteiger partial charge in [0.25, 0.3) is 0 Å². The molecule has 0 aliphatic carbocycles. The summed E-state index contributed by atoms with van der Waals surface area (Å²) in [6.45, 7) is 2.96. The summed E-state index contributed by atoms with van der Waals surface area (Å²) in [6.07, 6.45) is 1.64. The van der Waals surface area contributed by atoms with E-state index >= 15 is 0 Å². The van der Waals surface area contributed by atoms with Crippen molar-refractivity contribution in [2.45, 2.75) is 37.7 Å². The summed E-state index contributed by atoms with van der Waals surface area (Å²) < 4.78 is 24.8. The average molecular weight is 531 g/mol. The monoisotopic (exact) mass is 530 g/mol. The predicted octanol–water partition coefficient (Wildman–Crippen LogP) is 5.05. The fourth-order valence-corrected chi connectivity index (χ4v) is 4.74. The molecule has 39 heavy (non-hydrogen) atoms. The number of nitrogens with zero attached hydrogens (tertiary/aromatic N) is 2. The Morgan fingerprint density at radius 3 is 2.62 bits per heavy atom. The fourth-order valence-electron chi connectivity index (χ4n) is 4.74. The number of aliphatic hydroxyl groups is 1. The number of halogens is 1. The summed E-state index contributed by atoms with van der Waals surface area (Å²) in [5, 5.41) is 22.2. The minimum Gasteiger partial charge on any atom is -0.494 e. The van der Waals surface area contributed by atoms with E-state index in [1.165, 1.54) is 44.4 Å². The number of aromatic nitrogens is 2. The number of aliphatic carboxylic acids is 1. The lowest BCUT2D eigenvalue weighted by molar-refractivity contribution is -0.143. The second-order valence-corrected chi connectivity index (χ2v) is 10.1. The number of fused-ring (bicyclic) bond motifs is 2. The molecule has 4 aromatic rings. The summed E-state index contributed by atoms with van der Waals surface area (Å²) in [6, 6.07) is 14.1. The van der Waals surface area contributed by atoms with Crippen molar-refractivity contribution >= 4 is 22.7 Å². The smallest absolute Gasteiger partial charge is 0.317 e. The quantitative estimate of drug-likeness (QED) is 0.304. The highest BCUT2D eigenvalue weighted by Crippen LogP contribution is 2.46. The van der Waals surface area contributed by atoms with E-state index in [1.54, 1.807) is 31.3 Å². The number of Topliss-reactive ketones (excluding diaryl/α,β-unsaturated/α-hetero) is 1. The minimum absolute atomic E-state index is 0.0124. The maximum absolute atomic E-state index is 13.6. The van der Waals surface area contributed by atoms with Crippen LogP contribution in [0.2, 0.25) is 0 Å². The Morgan fingerprint density at radius 2 is 1.92 bits per heavy atom. The van der Waals surface area contributed by atoms with E-state index in [4.69, 9.17) is 9.47 Å². The molecule has 3 heterocycles. The van der Waals surface area contributed by atoms with Gasteiger partial charge in [0.05, 0.1) is 12.8 Å². The molecule has 0 radical (unpaired) electrons. The first kappa shape index (κ1) is 26.2. The number of methoxy groups -OCH3 is 1. The Labute approximate surface area is 224 Å². The third-order valence-corrected chi connectivity index (χ3v) is 7.26. The van der Waals surface area contributed by atoms with Gasteiger partial charge in [-0.15, -0.1) is 0 Å². The van der Waals surface area contributed by atoms with Crippen LogP contribution in [0.15, 0.2) is 60.8 Å². The molecular formula is C30H27FN2O6. The number of carbonyl (C=O) groups excluding carboxylic acids is 1. The Bertz CT molecular complexity index is 1600. The highest BCUT2D eigenvalue weighted by molar-refractivity contribution is 6.01. The van der Waals surface area contributed by atoms with Gasteiger partial charge >= 0.3 is 5.97 Å². The molecule has 2 aromatic carbocycles. The molecule has 9 heteroatoms. The van der Waals surface area contributed by atoms with Crippen LogP contribution in [0.1, 0.15) is 48.3 Å². The molecule has 0 fully saturated rings. The summed E-state index contributed by atoms with van der Waals surface area (Å²) in [4.78, 5) is 34.3. The number of ketones is 1. The van der Waals surface area contributed by atoms with Crippen LogP contribution in [0.3, 0.4) is 0 Å². The van der Waals surface area contributed by atoms with Crippen LogP contribution in [0.5, 0.6) is 11.5 Å². The van der Waals surface area contributed by atoms with Crippen LogP contribution in [0, 0.1) is 5.82 Å². The van der Waals surface area contributed by atoms with E-state index < -0.39 is 22.8 Å². The third kappa shape index (κ3) is 4.70. The number of ether oxygens (including phenoxy) is 2. The molecular weight excluding hydrogens is 503 g/mol. The van der Waals surface area contributed by atoms with Crippen LogP contribution in [-0.2, 0) is 15.8 Å². The number of carbonyl (C=O) groups is 2. The van der Waals surface area contributed by atoms with Crippen molar-refractivity contribution in [2.75, 3.05) is 13.7 Å². The minimum atomic E-state index is -1.59. The van der Waals surface area contributed by atoms with Crippen molar-refractivity contribution in [3.8, 4) is 22.8 Å². The van der Waals surface area contributed by atoms with E-state index in [9.17, 15) is 24.2 Å². The van der Waals surface area contributed by atoms with Crippen LogP contribution in [-0.4, -0.2) is 45.7 Å². The van der Waals surface area contributed by atoms with Gasteiger partial charge in [-0.25, -0.2) is 9.37 Å². The first-order chi connectivity index (χ1) is 18.5. The Kier molecular flexibility index (Phi) is 6.56. The largest absolute Gasteiger partial charge is 0.494 e. The molecule has 2 aromatic heterocycles. The van der Waals surface area contributed by atoms with Gasteiger partial charge in [-0.05, 0) is 68.8 Å². The molecule has 2 N–H and O–H groups in total. The Morgan fingerprint density at radius 1 is 1.18 bits per heavy atom. The fraction of sp³-hybridized carbons (Fsp3) is 0.267. The van der Waals surface area contributed by atoms with Crippen LogP contribution in [0.4, 0.5) is 4.39 Å². The summed E-state index contributed by atoms with van der Waals surface area (Å²) >= 11 is 0. The SMILES string of the molecule is COc1cc(C(=O)CCC(C)(O)c2cc3c(c(-c4ccc(F)cc4)n2)OC[C@]3(C)C(=O)O)cc2cccnc12. The van der Waals surface area contributed by atoms with Gasteiger partial charge in [0.1, 0.15) is 46.1 Å². The molecule has 2 atom stereocenters. The number of benzene rings is 2. The maximum atomic E-state index is 13.6. The molecule has 1 unspecified atom stereocenters. The summed E-state index contributed by atoms with van der Waals surface area (Å²) in [5.41, 5.74) is -0.553. The zero-order chi connectivity index (χ0) is 27.9. The molecule has 0 amide bonds. The van der Waals surface area contributed by atoms with E-state index in [0.717, 1.165) is 5.39 Å². The van der Waals surface area contributed by atoms with Gasteiger partial charge in [-0.2, -0.15) is 0 Å². The molecule has 1 aliphatic rings. The van der Waals surface area contributed by atoms with Crippen LogP contribution >= 0.6 is 0 Å². The number of hydrogen-bond acceptors (Lipinski definition) is 7. The Hall–Kier alpha value is -4.37. The normalized spacial score (nSPS) is 17.8. The van der Waals surface area contributed by atoms with E-state index in [1.807, 2.05) is 6.07 Å². The third-order valence-electron chi connectivity index (χ3n) is 7.26. The van der Waals surface area contributed by atoms with Crippen molar-refractivity contribution in [3.63, 3.8) is 0 Å². The number of carboxylic acid groups (broad SMARTS) is 1. The molecule has 0 saturated carbocycles. The van der Waals surface area contributed by atoms with E-state index in [0.29, 0.717) is 33.7 Å². The van der Waals surface area contributed by atoms with Crippen molar-refractivity contribution < 1.29 is 33.7 Å². The maximum Gasteiger partial charge on any atom is 0.317 e. The lowest BCUT2D eigenvalue weighted by atomic mass is 9.82. The second-order valence-electron chi connectivity index (χ2n) is 10.1. The van der Waals surface area contributed by atoms with Gasteiger partial charge in [0.2, 0.25) is 0 Å². The second kappa shape index (κ2) is 9.74. The number of pyridine rings is 2. The lowest BCUT2D eigenvalue weighted by Crippen LogP contribution is -2.34. The molecule has 0 bridgehead atoms. The molecule has 200 valence electrons. The Balaban J connectivity index is 1.49. The molecule has 8 nitrogen and oxygen atoms in total. The van der Waals surface area contributed by atoms with Gasteiger partial charge in [0, 0.05) is 34.7 Å². The number of hydrogen-bond donors (Lipinski definition) is 2. The van der Waals surface area contributed by atoms with Gasteiger partial charge in [0.15, 0.2) is 5.78 Å². The van der Waals surface area contributed by atoms with Gasteiger partial charge in [-0.3, -0.25) is 14.6 Å². The number of rotatable bonds is 8. The molecule has 0 spiro atoms. The van der Waals surface area contributed by atoms with Crippen molar-refractivity contribution in [2.24, 2.45) is 0 Å². The van der Waals surface area contributed by atoms with Crippen LogP contribution in [0.25, 0.3) is 22.2 Å². The summed E-state index contributed by atoms with van der Waals surface area (Å²) in [7, 11) is 1.51. The summed E-state index contributed by atoms with van der Waals surface area (Å²) in [5.74, 6) is -0.982. The number of carboxylic acids is 1. The highest BCUT2D eigenvalue weighted by Gasteiger charge is 2.46. The zero-order valence-corrected chi connectivity index (χ0v) is 21.7. The zero-order valence-electron chi connectivity index (χ0n) is 21.7. The van der Waals surface area contributed by atoms with Crippen molar-refractivity contribution in [1.29, 1.82) is 0 Å². The predicted molar refractivity (Wildman–Crippen MR) is 142 cm³/mol. The van der Waals surface area contributed by atoms with Crippen LogP contribution < -0.4 is 9.47 Å². The van der Waals surface area contributed by atoms with Crippen molar-refractivity contribution in [1.82, 2.24) is 9.97 Å². The topological polar surface area (TPSA) is 119 Å². The highest BCUT2D eigenvalue weighted by atomic mass is 19.1. The molecule has 5 rings (SSSR count). The molecule has 1 aliphatic heterocycles. The average Bonchev–Trinajstić information content (AvgIpc) is 3.29. The first-order valence-electron chi connectivity index (χ1n) is 12.4. The first-order valence-corrected chi connectivity index (χ1v) is 12.4. The van der Waals surface area contributed by atoms with Crippen molar-refractivity contribution in [3.05, 3.63) is 83.4 Å². The van der Waals surface area contributed by atoms with E-state index in [2.05, 4.69) is 9.97 Å². The van der Waals surface area contributed by atoms with Gasteiger partial charge < -0.3 is 19.7 Å². The van der Waals surface area contributed by atoms with E-state index in [-0.39, 0.29) is 36.7 Å². The lowest BCUT2D eigenvalue weighted by Gasteiger charge is -2.25.